The SMILES string of the molecule is Cc1c(Sc2cccc(/C=C/C(=O)CO)c2)c2ccc(Cl)cc2n1Cc1ccccc1. The Balaban J connectivity index is 1.72. The highest BCUT2D eigenvalue weighted by molar-refractivity contribution is 7.99. The number of aliphatic hydroxyl groups is 1. The zero-order chi connectivity index (χ0) is 21.8. The summed E-state index contributed by atoms with van der Waals surface area (Å²) in [5.41, 5.74) is 4.45. The Labute approximate surface area is 191 Å². The largest absolute Gasteiger partial charge is 0.388 e. The third-order valence-corrected chi connectivity index (χ3v) is 6.55. The fourth-order valence-electron chi connectivity index (χ4n) is 3.56. The molecule has 31 heavy (non-hydrogen) atoms. The molecule has 0 atom stereocenters. The molecule has 0 bridgehead atoms. The van der Waals surface area contributed by atoms with E-state index in [2.05, 4.69) is 47.9 Å². The first-order valence-corrected chi connectivity index (χ1v) is 11.2. The van der Waals surface area contributed by atoms with Gasteiger partial charge in [0, 0.05) is 32.4 Å². The zero-order valence-corrected chi connectivity index (χ0v) is 18.7. The van der Waals surface area contributed by atoms with E-state index in [0.717, 1.165) is 27.5 Å². The molecule has 4 rings (SSSR count). The second kappa shape index (κ2) is 9.56. The van der Waals surface area contributed by atoms with E-state index in [-0.39, 0.29) is 5.78 Å². The first kappa shape index (κ1) is 21.4. The van der Waals surface area contributed by atoms with E-state index in [1.165, 1.54) is 27.6 Å². The first-order valence-electron chi connectivity index (χ1n) is 9.97. The molecule has 0 unspecified atom stereocenters. The predicted molar refractivity (Wildman–Crippen MR) is 129 cm³/mol. The van der Waals surface area contributed by atoms with Crippen molar-refractivity contribution < 1.29 is 9.90 Å². The molecule has 0 saturated carbocycles. The van der Waals surface area contributed by atoms with Crippen LogP contribution in [-0.4, -0.2) is 22.1 Å². The smallest absolute Gasteiger partial charge is 0.181 e. The number of aliphatic hydroxyl groups excluding tert-OH is 1. The molecule has 5 heteroatoms. The van der Waals surface area contributed by atoms with Crippen molar-refractivity contribution >= 4 is 46.1 Å². The summed E-state index contributed by atoms with van der Waals surface area (Å²) in [6.45, 7) is 2.44. The van der Waals surface area contributed by atoms with E-state index in [4.69, 9.17) is 16.7 Å². The van der Waals surface area contributed by atoms with Crippen LogP contribution in [0, 0.1) is 6.92 Å². The maximum Gasteiger partial charge on any atom is 0.181 e. The number of carbonyl (C=O) groups excluding carboxylic acids is 1. The maximum absolute atomic E-state index is 11.4. The number of benzene rings is 3. The molecular formula is C26H22ClNO2S. The molecule has 0 aliphatic heterocycles. The average molecular weight is 448 g/mol. The number of fused-ring (bicyclic) bond motifs is 1. The summed E-state index contributed by atoms with van der Waals surface area (Å²) in [5, 5.41) is 10.8. The molecule has 0 fully saturated rings. The minimum Gasteiger partial charge on any atom is -0.388 e. The number of carbonyl (C=O) groups is 1. The molecule has 0 aliphatic carbocycles. The lowest BCUT2D eigenvalue weighted by molar-refractivity contribution is -0.117. The van der Waals surface area contributed by atoms with Gasteiger partial charge in [-0.1, -0.05) is 78.0 Å². The number of nitrogens with zero attached hydrogens (tertiary/aromatic N) is 1. The third-order valence-electron chi connectivity index (χ3n) is 5.11. The van der Waals surface area contributed by atoms with Crippen LogP contribution < -0.4 is 0 Å². The lowest BCUT2D eigenvalue weighted by atomic mass is 10.2. The van der Waals surface area contributed by atoms with Crippen molar-refractivity contribution in [2.75, 3.05) is 6.61 Å². The van der Waals surface area contributed by atoms with Gasteiger partial charge in [-0.2, -0.15) is 0 Å². The molecule has 1 N–H and O–H groups in total. The molecule has 0 radical (unpaired) electrons. The molecule has 1 aromatic heterocycles. The Kier molecular flexibility index (Phi) is 6.62. The number of aromatic nitrogens is 1. The summed E-state index contributed by atoms with van der Waals surface area (Å²) in [4.78, 5) is 13.6. The normalized spacial score (nSPS) is 11.5. The molecule has 0 amide bonds. The van der Waals surface area contributed by atoms with Gasteiger partial charge < -0.3 is 9.67 Å². The summed E-state index contributed by atoms with van der Waals surface area (Å²) >= 11 is 8.04. The van der Waals surface area contributed by atoms with Crippen LogP contribution in [0.15, 0.2) is 88.7 Å². The van der Waals surface area contributed by atoms with Crippen molar-refractivity contribution in [2.24, 2.45) is 0 Å². The van der Waals surface area contributed by atoms with Crippen molar-refractivity contribution in [1.29, 1.82) is 0 Å². The van der Waals surface area contributed by atoms with Crippen molar-refractivity contribution in [3.05, 3.63) is 101 Å². The number of hydrogen-bond donors (Lipinski definition) is 1. The highest BCUT2D eigenvalue weighted by atomic mass is 35.5. The molecule has 1 heterocycles. The average Bonchev–Trinajstić information content (AvgIpc) is 3.03. The number of ketones is 1. The van der Waals surface area contributed by atoms with Crippen LogP contribution in [0.25, 0.3) is 17.0 Å². The molecular weight excluding hydrogens is 426 g/mol. The summed E-state index contributed by atoms with van der Waals surface area (Å²) in [5.74, 6) is -0.310. The van der Waals surface area contributed by atoms with Gasteiger partial charge in [-0.25, -0.2) is 0 Å². The van der Waals surface area contributed by atoms with Gasteiger partial charge in [-0.3, -0.25) is 4.79 Å². The van der Waals surface area contributed by atoms with Gasteiger partial charge in [0.25, 0.3) is 0 Å². The van der Waals surface area contributed by atoms with Gasteiger partial charge >= 0.3 is 0 Å². The van der Waals surface area contributed by atoms with Gasteiger partial charge in [-0.05, 0) is 48.4 Å². The predicted octanol–water partition coefficient (Wildman–Crippen LogP) is 6.38. The van der Waals surface area contributed by atoms with E-state index in [0.29, 0.717) is 0 Å². The Bertz CT molecular complexity index is 1260. The fourth-order valence-corrected chi connectivity index (χ4v) is 4.84. The van der Waals surface area contributed by atoms with Gasteiger partial charge in [-0.15, -0.1) is 0 Å². The summed E-state index contributed by atoms with van der Waals surface area (Å²) in [7, 11) is 0. The topological polar surface area (TPSA) is 42.2 Å². The highest BCUT2D eigenvalue weighted by Gasteiger charge is 2.16. The molecule has 156 valence electrons. The third kappa shape index (κ3) is 4.93. The van der Waals surface area contributed by atoms with Crippen molar-refractivity contribution in [3.8, 4) is 0 Å². The van der Waals surface area contributed by atoms with Crippen LogP contribution in [0.4, 0.5) is 0 Å². The van der Waals surface area contributed by atoms with Crippen LogP contribution in [0.2, 0.25) is 5.02 Å². The van der Waals surface area contributed by atoms with Crippen LogP contribution >= 0.6 is 23.4 Å². The Morgan fingerprint density at radius 2 is 1.87 bits per heavy atom. The number of halogens is 1. The highest BCUT2D eigenvalue weighted by Crippen LogP contribution is 2.39. The van der Waals surface area contributed by atoms with E-state index >= 15 is 0 Å². The minimum absolute atomic E-state index is 0.310. The van der Waals surface area contributed by atoms with Crippen LogP contribution in [0.5, 0.6) is 0 Å². The first-order chi connectivity index (χ1) is 15.0. The second-order valence-corrected chi connectivity index (χ2v) is 8.80. The molecule has 3 nitrogen and oxygen atoms in total. The molecule has 0 spiro atoms. The van der Waals surface area contributed by atoms with Crippen LogP contribution in [0.3, 0.4) is 0 Å². The van der Waals surface area contributed by atoms with E-state index in [9.17, 15) is 4.79 Å². The Hall–Kier alpha value is -2.79. The van der Waals surface area contributed by atoms with Crippen molar-refractivity contribution in [1.82, 2.24) is 4.57 Å². The lowest BCUT2D eigenvalue weighted by Crippen LogP contribution is -2.01. The summed E-state index contributed by atoms with van der Waals surface area (Å²) in [6.07, 6.45) is 3.14. The lowest BCUT2D eigenvalue weighted by Gasteiger charge is -2.09. The Morgan fingerprint density at radius 1 is 1.06 bits per heavy atom. The zero-order valence-electron chi connectivity index (χ0n) is 17.1. The van der Waals surface area contributed by atoms with E-state index < -0.39 is 6.61 Å². The molecule has 0 aliphatic rings. The quantitative estimate of drug-likeness (QED) is 0.334. The van der Waals surface area contributed by atoms with Gasteiger partial charge in [0.05, 0.1) is 5.52 Å². The Morgan fingerprint density at radius 3 is 2.65 bits per heavy atom. The van der Waals surface area contributed by atoms with Crippen molar-refractivity contribution in [2.45, 2.75) is 23.3 Å². The molecule has 4 aromatic rings. The number of hydrogen-bond acceptors (Lipinski definition) is 3. The maximum atomic E-state index is 11.4. The standard InChI is InChI=1S/C26H22ClNO2S/c1-18-26(31-23-9-5-8-19(14-23)10-12-22(30)17-29)24-13-11-21(27)15-25(24)28(18)16-20-6-3-2-4-7-20/h2-15,29H,16-17H2,1H3/b12-10+. The molecule has 0 saturated heterocycles. The van der Waals surface area contributed by atoms with Gasteiger partial charge in [0.15, 0.2) is 5.78 Å². The monoisotopic (exact) mass is 447 g/mol. The van der Waals surface area contributed by atoms with Gasteiger partial charge in [0.2, 0.25) is 0 Å². The van der Waals surface area contributed by atoms with Crippen LogP contribution in [0.1, 0.15) is 16.8 Å². The summed E-state index contributed by atoms with van der Waals surface area (Å²) < 4.78 is 2.31. The van der Waals surface area contributed by atoms with E-state index in [1.54, 1.807) is 17.8 Å². The number of rotatable bonds is 7. The second-order valence-electron chi connectivity index (χ2n) is 7.28. The van der Waals surface area contributed by atoms with Gasteiger partial charge in [0.1, 0.15) is 6.61 Å². The minimum atomic E-state index is -0.479. The van der Waals surface area contributed by atoms with E-state index in [1.807, 2.05) is 36.4 Å². The molecule has 3 aromatic carbocycles. The van der Waals surface area contributed by atoms with Crippen LogP contribution in [-0.2, 0) is 11.3 Å². The summed E-state index contributed by atoms with van der Waals surface area (Å²) in [6, 6.07) is 24.5. The fraction of sp³-hybridized carbons (Fsp3) is 0.115. The van der Waals surface area contributed by atoms with Crippen molar-refractivity contribution in [3.63, 3.8) is 0 Å².